The smallest absolute Gasteiger partial charge is 0.251 e. The molecule has 20 heavy (non-hydrogen) atoms. The van der Waals surface area contributed by atoms with E-state index in [0.717, 1.165) is 18.6 Å². The van der Waals surface area contributed by atoms with Crippen molar-refractivity contribution in [1.82, 2.24) is 5.32 Å². The van der Waals surface area contributed by atoms with Gasteiger partial charge < -0.3 is 9.73 Å². The third-order valence-electron chi connectivity index (χ3n) is 2.96. The molecule has 5 heteroatoms. The number of hydrogen-bond acceptors (Lipinski definition) is 2. The van der Waals surface area contributed by atoms with E-state index in [0.29, 0.717) is 5.56 Å². The van der Waals surface area contributed by atoms with Crippen LogP contribution in [0, 0.1) is 5.82 Å². The summed E-state index contributed by atoms with van der Waals surface area (Å²) in [6, 6.07) is 7.97. The summed E-state index contributed by atoms with van der Waals surface area (Å²) in [5.41, 5.74) is 0.433. The Morgan fingerprint density at radius 1 is 1.45 bits per heavy atom. The van der Waals surface area contributed by atoms with Crippen LogP contribution in [-0.4, -0.2) is 11.9 Å². The van der Waals surface area contributed by atoms with Gasteiger partial charge in [-0.25, -0.2) is 4.39 Å². The van der Waals surface area contributed by atoms with Gasteiger partial charge in [-0.15, -0.1) is 0 Å². The lowest BCUT2D eigenvalue weighted by Gasteiger charge is -2.13. The van der Waals surface area contributed by atoms with Crippen molar-refractivity contribution < 1.29 is 13.6 Å². The summed E-state index contributed by atoms with van der Waals surface area (Å²) in [6.07, 6.45) is 3.18. The summed E-state index contributed by atoms with van der Waals surface area (Å²) >= 11 is 3.07. The van der Waals surface area contributed by atoms with Crippen LogP contribution >= 0.6 is 15.9 Å². The molecule has 0 aliphatic heterocycles. The van der Waals surface area contributed by atoms with Gasteiger partial charge in [0.25, 0.3) is 5.91 Å². The number of benzene rings is 1. The molecule has 2 aromatic rings. The third kappa shape index (κ3) is 3.93. The second-order valence-corrected chi connectivity index (χ2v) is 5.48. The van der Waals surface area contributed by atoms with Gasteiger partial charge in [-0.2, -0.15) is 0 Å². The largest absolute Gasteiger partial charge is 0.469 e. The minimum absolute atomic E-state index is 0.0106. The lowest BCUT2D eigenvalue weighted by atomic mass is 10.1. The van der Waals surface area contributed by atoms with E-state index in [1.807, 2.05) is 19.1 Å². The topological polar surface area (TPSA) is 42.2 Å². The summed E-state index contributed by atoms with van der Waals surface area (Å²) in [5.74, 6) is 0.306. The van der Waals surface area contributed by atoms with Crippen LogP contribution in [0.5, 0.6) is 0 Å². The molecule has 0 fully saturated rings. The maximum atomic E-state index is 13.1. The minimum atomic E-state index is -0.382. The maximum Gasteiger partial charge on any atom is 0.251 e. The quantitative estimate of drug-likeness (QED) is 0.896. The average molecular weight is 340 g/mol. The van der Waals surface area contributed by atoms with Crippen molar-refractivity contribution in [3.63, 3.8) is 0 Å². The highest BCUT2D eigenvalue weighted by Crippen LogP contribution is 2.17. The van der Waals surface area contributed by atoms with E-state index in [9.17, 15) is 9.18 Å². The van der Waals surface area contributed by atoms with Crippen LogP contribution in [-0.2, 0) is 6.42 Å². The van der Waals surface area contributed by atoms with Gasteiger partial charge in [0, 0.05) is 18.0 Å². The van der Waals surface area contributed by atoms with Crippen molar-refractivity contribution >= 4 is 21.8 Å². The molecule has 1 N–H and O–H groups in total. The molecule has 0 aliphatic carbocycles. The van der Waals surface area contributed by atoms with Gasteiger partial charge in [0.15, 0.2) is 0 Å². The monoisotopic (exact) mass is 339 g/mol. The third-order valence-corrected chi connectivity index (χ3v) is 3.57. The van der Waals surface area contributed by atoms with Gasteiger partial charge in [0.1, 0.15) is 11.6 Å². The van der Waals surface area contributed by atoms with Crippen molar-refractivity contribution in [2.75, 3.05) is 0 Å². The van der Waals surface area contributed by atoms with E-state index in [1.54, 1.807) is 6.26 Å². The number of aryl methyl sites for hydroxylation is 1. The summed E-state index contributed by atoms with van der Waals surface area (Å²) in [6.45, 7) is 1.93. The highest BCUT2D eigenvalue weighted by molar-refractivity contribution is 9.10. The predicted octanol–water partition coefficient (Wildman–Crippen LogP) is 3.93. The van der Waals surface area contributed by atoms with Crippen LogP contribution in [0.2, 0.25) is 0 Å². The van der Waals surface area contributed by atoms with Gasteiger partial charge in [-0.3, -0.25) is 4.79 Å². The van der Waals surface area contributed by atoms with Crippen LogP contribution in [0.4, 0.5) is 4.39 Å². The molecule has 0 spiro atoms. The molecule has 0 aliphatic rings. The number of amides is 1. The SMILES string of the molecule is CC(CCc1ccco1)NC(=O)c1ccc(F)c(Br)c1. The van der Waals surface area contributed by atoms with Crippen molar-refractivity contribution in [2.24, 2.45) is 0 Å². The second kappa shape index (κ2) is 6.70. The lowest BCUT2D eigenvalue weighted by molar-refractivity contribution is 0.0938. The van der Waals surface area contributed by atoms with E-state index in [2.05, 4.69) is 21.2 Å². The van der Waals surface area contributed by atoms with Gasteiger partial charge in [-0.1, -0.05) is 0 Å². The standard InChI is InChI=1S/C15H15BrFNO2/c1-10(4-6-12-3-2-8-20-12)18-15(19)11-5-7-14(17)13(16)9-11/h2-3,5,7-10H,4,6H2,1H3,(H,18,19). The molecular formula is C15H15BrFNO2. The first-order valence-electron chi connectivity index (χ1n) is 6.34. The first kappa shape index (κ1) is 14.8. The number of rotatable bonds is 5. The number of hydrogen-bond donors (Lipinski definition) is 1. The zero-order chi connectivity index (χ0) is 14.5. The molecular weight excluding hydrogens is 325 g/mol. The molecule has 106 valence electrons. The zero-order valence-electron chi connectivity index (χ0n) is 11.0. The van der Waals surface area contributed by atoms with Gasteiger partial charge in [-0.05, 0) is 59.6 Å². The highest BCUT2D eigenvalue weighted by atomic mass is 79.9. The second-order valence-electron chi connectivity index (χ2n) is 4.62. The van der Waals surface area contributed by atoms with E-state index in [-0.39, 0.29) is 22.2 Å². The molecule has 1 atom stereocenters. The van der Waals surface area contributed by atoms with E-state index in [1.165, 1.54) is 18.2 Å². The molecule has 0 saturated carbocycles. The summed E-state index contributed by atoms with van der Waals surface area (Å²) in [5, 5.41) is 2.88. The average Bonchev–Trinajstić information content (AvgIpc) is 2.92. The Kier molecular flexibility index (Phi) is 4.95. The molecule has 1 aromatic carbocycles. The Morgan fingerprint density at radius 2 is 2.25 bits per heavy atom. The zero-order valence-corrected chi connectivity index (χ0v) is 12.6. The number of carbonyl (C=O) groups excluding carboxylic acids is 1. The Hall–Kier alpha value is -1.62. The summed E-state index contributed by atoms with van der Waals surface area (Å²) < 4.78 is 18.6. The molecule has 1 heterocycles. The summed E-state index contributed by atoms with van der Waals surface area (Å²) in [4.78, 5) is 12.0. The number of nitrogens with one attached hydrogen (secondary N) is 1. The van der Waals surface area contributed by atoms with Gasteiger partial charge in [0.05, 0.1) is 10.7 Å². The van der Waals surface area contributed by atoms with E-state index >= 15 is 0 Å². The van der Waals surface area contributed by atoms with E-state index < -0.39 is 0 Å². The Morgan fingerprint density at radius 3 is 2.90 bits per heavy atom. The van der Waals surface area contributed by atoms with Crippen LogP contribution < -0.4 is 5.32 Å². The predicted molar refractivity (Wildman–Crippen MR) is 78.1 cm³/mol. The van der Waals surface area contributed by atoms with Crippen molar-refractivity contribution in [3.8, 4) is 0 Å². The van der Waals surface area contributed by atoms with E-state index in [4.69, 9.17) is 4.42 Å². The number of carbonyl (C=O) groups is 1. The summed E-state index contributed by atoms with van der Waals surface area (Å²) in [7, 11) is 0. The van der Waals surface area contributed by atoms with Gasteiger partial charge in [0.2, 0.25) is 0 Å². The van der Waals surface area contributed by atoms with Crippen LogP contribution in [0.3, 0.4) is 0 Å². The minimum Gasteiger partial charge on any atom is -0.469 e. The van der Waals surface area contributed by atoms with Crippen molar-refractivity contribution in [1.29, 1.82) is 0 Å². The first-order chi connectivity index (χ1) is 9.56. The number of halogens is 2. The van der Waals surface area contributed by atoms with Gasteiger partial charge >= 0.3 is 0 Å². The van der Waals surface area contributed by atoms with Crippen molar-refractivity contribution in [2.45, 2.75) is 25.8 Å². The normalized spacial score (nSPS) is 12.2. The lowest BCUT2D eigenvalue weighted by Crippen LogP contribution is -2.32. The molecule has 0 bridgehead atoms. The molecule has 2 rings (SSSR count). The van der Waals surface area contributed by atoms with Crippen LogP contribution in [0.15, 0.2) is 45.5 Å². The fourth-order valence-electron chi connectivity index (χ4n) is 1.83. The maximum absolute atomic E-state index is 13.1. The van der Waals surface area contributed by atoms with Crippen LogP contribution in [0.25, 0.3) is 0 Å². The molecule has 1 aromatic heterocycles. The fourth-order valence-corrected chi connectivity index (χ4v) is 2.21. The molecule has 3 nitrogen and oxygen atoms in total. The first-order valence-corrected chi connectivity index (χ1v) is 7.14. The fraction of sp³-hybridized carbons (Fsp3) is 0.267. The molecule has 1 unspecified atom stereocenters. The molecule has 1 amide bonds. The number of furan rings is 1. The van der Waals surface area contributed by atoms with Crippen LogP contribution in [0.1, 0.15) is 29.5 Å². The Labute approximate surface area is 125 Å². The Bertz CT molecular complexity index is 584. The van der Waals surface area contributed by atoms with Crippen molar-refractivity contribution in [3.05, 3.63) is 58.2 Å². The Balaban J connectivity index is 1.88. The molecule has 0 saturated heterocycles. The highest BCUT2D eigenvalue weighted by Gasteiger charge is 2.12. The molecule has 0 radical (unpaired) electrons.